The molecule has 1 aliphatic carbocycles. The van der Waals surface area contributed by atoms with Gasteiger partial charge in [0.25, 0.3) is 0 Å². The molecule has 0 aromatic rings. The third-order valence-corrected chi connectivity index (χ3v) is 5.21. The van der Waals surface area contributed by atoms with Crippen LogP contribution >= 0.6 is 0 Å². The Kier molecular flexibility index (Phi) is 4.60. The molecule has 7 heteroatoms. The number of rotatable bonds is 6. The normalized spacial score (nSPS) is 35.9. The van der Waals surface area contributed by atoms with Gasteiger partial charge in [-0.25, -0.2) is 13.1 Å². The molecule has 0 aromatic heterocycles. The van der Waals surface area contributed by atoms with Gasteiger partial charge in [0.15, 0.2) is 0 Å². The Labute approximate surface area is 108 Å². The maximum absolute atomic E-state index is 11.9. The van der Waals surface area contributed by atoms with Gasteiger partial charge < -0.3 is 15.2 Å². The number of hydrogen-bond acceptors (Lipinski definition) is 5. The molecular formula is C11H22N2O4S. The lowest BCUT2D eigenvalue weighted by atomic mass is 9.69. The zero-order valence-corrected chi connectivity index (χ0v) is 11.5. The van der Waals surface area contributed by atoms with E-state index in [2.05, 4.69) is 4.72 Å². The van der Waals surface area contributed by atoms with Gasteiger partial charge >= 0.3 is 0 Å². The van der Waals surface area contributed by atoms with Gasteiger partial charge in [-0.3, -0.25) is 0 Å². The number of methoxy groups -OCH3 is 1. The Bertz CT molecular complexity index is 373. The molecule has 1 heterocycles. The van der Waals surface area contributed by atoms with Crippen molar-refractivity contribution >= 4 is 10.0 Å². The molecule has 4 unspecified atom stereocenters. The highest BCUT2D eigenvalue weighted by Crippen LogP contribution is 2.37. The Morgan fingerprint density at radius 1 is 1.50 bits per heavy atom. The van der Waals surface area contributed by atoms with Crippen LogP contribution < -0.4 is 10.5 Å². The molecule has 4 atom stereocenters. The van der Waals surface area contributed by atoms with Crippen LogP contribution in [0.4, 0.5) is 0 Å². The van der Waals surface area contributed by atoms with E-state index in [1.165, 1.54) is 0 Å². The molecule has 2 rings (SSSR count). The summed E-state index contributed by atoms with van der Waals surface area (Å²) in [5.74, 6) is 0.381. The zero-order valence-electron chi connectivity index (χ0n) is 10.7. The predicted octanol–water partition coefficient (Wildman–Crippen LogP) is -0.553. The molecular weight excluding hydrogens is 256 g/mol. The van der Waals surface area contributed by atoms with Gasteiger partial charge in [0, 0.05) is 32.3 Å². The van der Waals surface area contributed by atoms with Gasteiger partial charge in [0.2, 0.25) is 10.0 Å². The average Bonchev–Trinajstić information content (AvgIpc) is 2.36. The number of hydrogen-bond donors (Lipinski definition) is 2. The van der Waals surface area contributed by atoms with Crippen LogP contribution in [0, 0.1) is 5.92 Å². The van der Waals surface area contributed by atoms with E-state index in [0.29, 0.717) is 25.6 Å². The molecule has 0 amide bonds. The van der Waals surface area contributed by atoms with E-state index in [-0.39, 0.29) is 23.9 Å². The fourth-order valence-corrected chi connectivity index (χ4v) is 4.07. The van der Waals surface area contributed by atoms with Crippen molar-refractivity contribution in [2.24, 2.45) is 11.7 Å². The van der Waals surface area contributed by atoms with E-state index in [1.807, 2.05) is 0 Å². The Morgan fingerprint density at radius 2 is 2.28 bits per heavy atom. The molecule has 0 radical (unpaired) electrons. The van der Waals surface area contributed by atoms with Crippen molar-refractivity contribution in [2.45, 2.75) is 37.5 Å². The van der Waals surface area contributed by atoms with Crippen LogP contribution in [0.3, 0.4) is 0 Å². The smallest absolute Gasteiger partial charge is 0.212 e. The molecule has 0 aromatic carbocycles. The Balaban J connectivity index is 1.85. The van der Waals surface area contributed by atoms with Crippen molar-refractivity contribution in [1.29, 1.82) is 0 Å². The summed E-state index contributed by atoms with van der Waals surface area (Å²) in [6.07, 6.45) is 2.50. The van der Waals surface area contributed by atoms with Crippen LogP contribution in [0.1, 0.15) is 19.3 Å². The van der Waals surface area contributed by atoms with Gasteiger partial charge in [0.1, 0.15) is 0 Å². The van der Waals surface area contributed by atoms with Gasteiger partial charge in [-0.15, -0.1) is 0 Å². The van der Waals surface area contributed by atoms with Crippen LogP contribution in [-0.2, 0) is 19.5 Å². The molecule has 0 bridgehead atoms. The van der Waals surface area contributed by atoms with Crippen molar-refractivity contribution in [1.82, 2.24) is 4.72 Å². The Morgan fingerprint density at radius 3 is 3.00 bits per heavy atom. The first-order valence-corrected chi connectivity index (χ1v) is 8.06. The molecule has 6 nitrogen and oxygen atoms in total. The minimum atomic E-state index is -3.29. The summed E-state index contributed by atoms with van der Waals surface area (Å²) in [4.78, 5) is 0. The number of fused-ring (bicyclic) bond motifs is 1. The highest BCUT2D eigenvalue weighted by atomic mass is 32.2. The lowest BCUT2D eigenvalue weighted by Crippen LogP contribution is -2.72. The number of ether oxygens (including phenoxy) is 2. The minimum Gasteiger partial charge on any atom is -0.385 e. The molecule has 18 heavy (non-hydrogen) atoms. The standard InChI is InChI=1S/C11H22N2O4S/c1-16-5-3-7-18(14,15)13-10-9(12)8-4-2-6-17-11(8)10/h8-11,13H,2-7,12H2,1H3. The third-order valence-electron chi connectivity index (χ3n) is 3.75. The van der Waals surface area contributed by atoms with E-state index in [0.717, 1.165) is 12.8 Å². The molecule has 1 saturated carbocycles. The molecule has 106 valence electrons. The summed E-state index contributed by atoms with van der Waals surface area (Å²) in [6.45, 7) is 1.15. The van der Waals surface area contributed by atoms with Crippen LogP contribution in [0.25, 0.3) is 0 Å². The van der Waals surface area contributed by atoms with Gasteiger partial charge in [0.05, 0.1) is 17.9 Å². The van der Waals surface area contributed by atoms with Crippen LogP contribution in [0.2, 0.25) is 0 Å². The highest BCUT2D eigenvalue weighted by Gasteiger charge is 2.51. The summed E-state index contributed by atoms with van der Waals surface area (Å²) in [5.41, 5.74) is 6.01. The number of sulfonamides is 1. The SMILES string of the molecule is COCCCS(=O)(=O)NC1C(N)C2CCCOC21. The molecule has 3 N–H and O–H groups in total. The highest BCUT2D eigenvalue weighted by molar-refractivity contribution is 7.89. The maximum atomic E-state index is 11.9. The van der Waals surface area contributed by atoms with E-state index in [9.17, 15) is 8.42 Å². The summed E-state index contributed by atoms with van der Waals surface area (Å²) in [6, 6.07) is -0.379. The summed E-state index contributed by atoms with van der Waals surface area (Å²) in [5, 5.41) is 0. The average molecular weight is 278 g/mol. The van der Waals surface area contributed by atoms with E-state index in [1.54, 1.807) is 7.11 Å². The quantitative estimate of drug-likeness (QED) is 0.636. The predicted molar refractivity (Wildman–Crippen MR) is 67.6 cm³/mol. The lowest BCUT2D eigenvalue weighted by molar-refractivity contribution is -0.114. The summed E-state index contributed by atoms with van der Waals surface area (Å²) < 4.78 is 36.8. The largest absolute Gasteiger partial charge is 0.385 e. The van der Waals surface area contributed by atoms with Crippen LogP contribution in [-0.4, -0.2) is 52.7 Å². The molecule has 1 aliphatic heterocycles. The fraction of sp³-hybridized carbons (Fsp3) is 1.00. The first-order chi connectivity index (χ1) is 8.55. The minimum absolute atomic E-state index is 0.0362. The first kappa shape index (κ1) is 14.2. The zero-order chi connectivity index (χ0) is 13.2. The topological polar surface area (TPSA) is 90.7 Å². The molecule has 0 spiro atoms. The second-order valence-corrected chi connectivity index (χ2v) is 6.90. The van der Waals surface area contributed by atoms with Gasteiger partial charge in [-0.2, -0.15) is 0 Å². The van der Waals surface area contributed by atoms with Crippen molar-refractivity contribution in [3.63, 3.8) is 0 Å². The first-order valence-electron chi connectivity index (χ1n) is 6.41. The van der Waals surface area contributed by atoms with Crippen molar-refractivity contribution in [2.75, 3.05) is 26.1 Å². The molecule has 2 fully saturated rings. The lowest BCUT2D eigenvalue weighted by Gasteiger charge is -2.52. The Hall–Kier alpha value is -0.210. The van der Waals surface area contributed by atoms with Gasteiger partial charge in [-0.05, 0) is 19.3 Å². The second kappa shape index (κ2) is 5.83. The molecule has 1 saturated heterocycles. The molecule has 2 aliphatic rings. The third kappa shape index (κ3) is 3.03. The van der Waals surface area contributed by atoms with Crippen molar-refractivity contribution < 1.29 is 17.9 Å². The number of nitrogens with two attached hydrogens (primary N) is 1. The van der Waals surface area contributed by atoms with Crippen molar-refractivity contribution in [3.05, 3.63) is 0 Å². The van der Waals surface area contributed by atoms with E-state index < -0.39 is 10.0 Å². The van der Waals surface area contributed by atoms with Crippen LogP contribution in [0.5, 0.6) is 0 Å². The van der Waals surface area contributed by atoms with Crippen LogP contribution in [0.15, 0.2) is 0 Å². The summed E-state index contributed by atoms with van der Waals surface area (Å²) >= 11 is 0. The van der Waals surface area contributed by atoms with Gasteiger partial charge in [-0.1, -0.05) is 0 Å². The monoisotopic (exact) mass is 278 g/mol. The second-order valence-electron chi connectivity index (χ2n) is 5.03. The summed E-state index contributed by atoms with van der Waals surface area (Å²) in [7, 11) is -1.73. The van der Waals surface area contributed by atoms with Crippen molar-refractivity contribution in [3.8, 4) is 0 Å². The number of nitrogens with one attached hydrogen (secondary N) is 1. The fourth-order valence-electron chi connectivity index (χ4n) is 2.75. The van der Waals surface area contributed by atoms with E-state index >= 15 is 0 Å². The maximum Gasteiger partial charge on any atom is 0.212 e. The van der Waals surface area contributed by atoms with E-state index in [4.69, 9.17) is 15.2 Å².